The van der Waals surface area contributed by atoms with Crippen LogP contribution in [0, 0.1) is 6.92 Å². The van der Waals surface area contributed by atoms with E-state index in [-0.39, 0.29) is 6.04 Å². The maximum atomic E-state index is 6.18. The number of nitrogens with zero attached hydrogens (tertiary/aromatic N) is 2. The zero-order chi connectivity index (χ0) is 17.9. The Morgan fingerprint density at radius 2 is 2.12 bits per heavy atom. The average Bonchev–Trinajstić information content (AvgIpc) is 3.30. The van der Waals surface area contributed by atoms with Crippen LogP contribution in [0.25, 0.3) is 22.0 Å². The van der Waals surface area contributed by atoms with Crippen LogP contribution >= 0.6 is 11.3 Å². The van der Waals surface area contributed by atoms with Gasteiger partial charge in [0.1, 0.15) is 12.4 Å². The molecule has 4 aromatic rings. The summed E-state index contributed by atoms with van der Waals surface area (Å²) in [6.07, 6.45) is 4.39. The van der Waals surface area contributed by atoms with Crippen LogP contribution in [0.15, 0.2) is 54.2 Å². The SMILES string of the molecule is Cc1[nH]nc2ccc(-c3cncc(OCC(N)Cc4cccs4)c3)cc12. The molecule has 5 nitrogen and oxygen atoms in total. The van der Waals surface area contributed by atoms with Crippen molar-refractivity contribution in [1.29, 1.82) is 0 Å². The van der Waals surface area contributed by atoms with Gasteiger partial charge < -0.3 is 10.5 Å². The summed E-state index contributed by atoms with van der Waals surface area (Å²) in [5.41, 5.74) is 10.3. The Morgan fingerprint density at radius 1 is 1.19 bits per heavy atom. The van der Waals surface area contributed by atoms with Crippen LogP contribution in [-0.2, 0) is 6.42 Å². The van der Waals surface area contributed by atoms with Gasteiger partial charge in [-0.25, -0.2) is 0 Å². The van der Waals surface area contributed by atoms with Gasteiger partial charge in [0, 0.05) is 40.2 Å². The lowest BCUT2D eigenvalue weighted by Crippen LogP contribution is -2.29. The van der Waals surface area contributed by atoms with E-state index in [0.29, 0.717) is 6.61 Å². The van der Waals surface area contributed by atoms with Crippen LogP contribution in [0.1, 0.15) is 10.6 Å². The molecule has 3 heterocycles. The first-order valence-electron chi connectivity index (χ1n) is 8.50. The van der Waals surface area contributed by atoms with Crippen molar-refractivity contribution in [3.8, 4) is 16.9 Å². The zero-order valence-corrected chi connectivity index (χ0v) is 15.3. The van der Waals surface area contributed by atoms with Crippen LogP contribution < -0.4 is 10.5 Å². The van der Waals surface area contributed by atoms with Crippen molar-refractivity contribution in [3.05, 3.63) is 64.7 Å². The summed E-state index contributed by atoms with van der Waals surface area (Å²) in [5.74, 6) is 0.730. The van der Waals surface area contributed by atoms with Crippen LogP contribution in [0.4, 0.5) is 0 Å². The predicted molar refractivity (Wildman–Crippen MR) is 106 cm³/mol. The van der Waals surface area contributed by atoms with Gasteiger partial charge in [0.05, 0.1) is 11.7 Å². The molecule has 0 aliphatic heterocycles. The number of hydrogen-bond donors (Lipinski definition) is 2. The number of aromatic amines is 1. The van der Waals surface area contributed by atoms with Crippen molar-refractivity contribution in [2.45, 2.75) is 19.4 Å². The highest BCUT2D eigenvalue weighted by molar-refractivity contribution is 7.09. The predicted octanol–water partition coefficient (Wildman–Crippen LogP) is 3.94. The van der Waals surface area contributed by atoms with Crippen molar-refractivity contribution < 1.29 is 4.74 Å². The Bertz CT molecular complexity index is 1010. The molecular formula is C20H20N4OS. The molecule has 26 heavy (non-hydrogen) atoms. The molecule has 0 bridgehead atoms. The number of nitrogens with one attached hydrogen (secondary N) is 1. The highest BCUT2D eigenvalue weighted by atomic mass is 32.1. The minimum absolute atomic E-state index is 0.0396. The molecule has 0 saturated heterocycles. The molecule has 0 aliphatic rings. The Hall–Kier alpha value is -2.70. The van der Waals surface area contributed by atoms with E-state index >= 15 is 0 Å². The minimum atomic E-state index is -0.0396. The molecule has 6 heteroatoms. The molecule has 4 rings (SSSR count). The second kappa shape index (κ2) is 7.27. The van der Waals surface area contributed by atoms with Gasteiger partial charge >= 0.3 is 0 Å². The van der Waals surface area contributed by atoms with Gasteiger partial charge in [-0.15, -0.1) is 11.3 Å². The van der Waals surface area contributed by atoms with Gasteiger partial charge in [-0.1, -0.05) is 12.1 Å². The second-order valence-electron chi connectivity index (χ2n) is 6.34. The fraction of sp³-hybridized carbons (Fsp3) is 0.200. The monoisotopic (exact) mass is 364 g/mol. The van der Waals surface area contributed by atoms with Crippen molar-refractivity contribution >= 4 is 22.2 Å². The van der Waals surface area contributed by atoms with Gasteiger partial charge in [-0.3, -0.25) is 10.1 Å². The van der Waals surface area contributed by atoms with E-state index < -0.39 is 0 Å². The molecule has 0 spiro atoms. The molecule has 132 valence electrons. The number of hydrogen-bond acceptors (Lipinski definition) is 5. The fourth-order valence-corrected chi connectivity index (χ4v) is 3.72. The highest BCUT2D eigenvalue weighted by Gasteiger charge is 2.09. The molecule has 3 aromatic heterocycles. The first kappa shape index (κ1) is 16.8. The van der Waals surface area contributed by atoms with E-state index in [9.17, 15) is 0 Å². The second-order valence-corrected chi connectivity index (χ2v) is 7.38. The summed E-state index contributed by atoms with van der Waals surface area (Å²) < 4.78 is 5.87. The van der Waals surface area contributed by atoms with E-state index in [1.807, 2.05) is 37.4 Å². The zero-order valence-electron chi connectivity index (χ0n) is 14.5. The van der Waals surface area contributed by atoms with E-state index in [1.165, 1.54) is 4.88 Å². The Morgan fingerprint density at radius 3 is 2.96 bits per heavy atom. The maximum absolute atomic E-state index is 6.18. The lowest BCUT2D eigenvalue weighted by atomic mass is 10.0. The van der Waals surface area contributed by atoms with Crippen molar-refractivity contribution in [2.24, 2.45) is 5.73 Å². The smallest absolute Gasteiger partial charge is 0.138 e. The topological polar surface area (TPSA) is 76.8 Å². The number of rotatable bonds is 6. The number of aromatic nitrogens is 3. The molecule has 3 N–H and O–H groups in total. The van der Waals surface area contributed by atoms with E-state index in [0.717, 1.165) is 39.9 Å². The Balaban J connectivity index is 1.48. The molecule has 1 atom stereocenters. The highest BCUT2D eigenvalue weighted by Crippen LogP contribution is 2.27. The third kappa shape index (κ3) is 3.61. The van der Waals surface area contributed by atoms with Crippen LogP contribution in [0.2, 0.25) is 0 Å². The summed E-state index contributed by atoms with van der Waals surface area (Å²) in [6.45, 7) is 2.48. The maximum Gasteiger partial charge on any atom is 0.138 e. The minimum Gasteiger partial charge on any atom is -0.490 e. The van der Waals surface area contributed by atoms with E-state index in [4.69, 9.17) is 10.5 Å². The molecule has 0 fully saturated rings. The number of benzene rings is 1. The molecule has 0 amide bonds. The quantitative estimate of drug-likeness (QED) is 0.543. The lowest BCUT2D eigenvalue weighted by molar-refractivity contribution is 0.287. The third-order valence-corrected chi connectivity index (χ3v) is 5.20. The first-order valence-corrected chi connectivity index (χ1v) is 9.38. The molecular weight excluding hydrogens is 344 g/mol. The number of nitrogens with two attached hydrogens (primary N) is 1. The summed E-state index contributed by atoms with van der Waals surface area (Å²) in [7, 11) is 0. The molecule has 1 aromatic carbocycles. The van der Waals surface area contributed by atoms with E-state index in [2.05, 4.69) is 32.7 Å². The molecule has 0 aliphatic carbocycles. The summed E-state index contributed by atoms with van der Waals surface area (Å²) in [4.78, 5) is 5.59. The van der Waals surface area contributed by atoms with Crippen LogP contribution in [-0.4, -0.2) is 27.8 Å². The Kier molecular flexibility index (Phi) is 4.69. The Labute approximate surface area is 155 Å². The fourth-order valence-electron chi connectivity index (χ4n) is 2.92. The number of aryl methyl sites for hydroxylation is 1. The third-order valence-electron chi connectivity index (χ3n) is 4.30. The van der Waals surface area contributed by atoms with E-state index in [1.54, 1.807) is 17.5 Å². The lowest BCUT2D eigenvalue weighted by Gasteiger charge is -2.13. The number of pyridine rings is 1. The van der Waals surface area contributed by atoms with Crippen molar-refractivity contribution in [3.63, 3.8) is 0 Å². The van der Waals surface area contributed by atoms with Crippen LogP contribution in [0.3, 0.4) is 0 Å². The summed E-state index contributed by atoms with van der Waals surface area (Å²) in [5, 5.41) is 10.5. The number of thiophene rings is 1. The summed E-state index contributed by atoms with van der Waals surface area (Å²) in [6, 6.07) is 12.3. The first-order chi connectivity index (χ1) is 12.7. The number of ether oxygens (including phenoxy) is 1. The van der Waals surface area contributed by atoms with Gasteiger partial charge in [-0.05, 0) is 42.1 Å². The standard InChI is InChI=1S/C20H20N4OS/c1-13-19-8-14(4-5-20(19)24-23-13)15-7-17(11-22-10-15)25-12-16(21)9-18-3-2-6-26-18/h2-8,10-11,16H,9,12,21H2,1H3,(H,23,24). The van der Waals surface area contributed by atoms with Gasteiger partial charge in [0.25, 0.3) is 0 Å². The average molecular weight is 364 g/mol. The van der Waals surface area contributed by atoms with Gasteiger partial charge in [0.15, 0.2) is 0 Å². The van der Waals surface area contributed by atoms with Crippen LogP contribution in [0.5, 0.6) is 5.75 Å². The van der Waals surface area contributed by atoms with Crippen molar-refractivity contribution in [1.82, 2.24) is 15.2 Å². The van der Waals surface area contributed by atoms with Gasteiger partial charge in [-0.2, -0.15) is 5.10 Å². The molecule has 0 radical (unpaired) electrons. The normalized spacial score (nSPS) is 12.4. The largest absolute Gasteiger partial charge is 0.490 e. The molecule has 0 saturated carbocycles. The van der Waals surface area contributed by atoms with Gasteiger partial charge in [0.2, 0.25) is 0 Å². The number of H-pyrrole nitrogens is 1. The molecule has 1 unspecified atom stereocenters. The van der Waals surface area contributed by atoms with Crippen molar-refractivity contribution in [2.75, 3.05) is 6.61 Å². The number of fused-ring (bicyclic) bond motifs is 1. The summed E-state index contributed by atoms with van der Waals surface area (Å²) >= 11 is 1.72.